The highest BCUT2D eigenvalue weighted by Gasteiger charge is 2.28. The van der Waals surface area contributed by atoms with Crippen LogP contribution in [-0.2, 0) is 17.9 Å². The number of fused-ring (bicyclic) bond motifs is 1. The van der Waals surface area contributed by atoms with Crippen LogP contribution >= 0.6 is 0 Å². The molecule has 1 aliphatic heterocycles. The Morgan fingerprint density at radius 3 is 2.88 bits per heavy atom. The first-order valence-electron chi connectivity index (χ1n) is 7.65. The third kappa shape index (κ3) is 3.43. The Hall–Kier alpha value is -3.16. The molecular formula is C16H18N6O2. The van der Waals surface area contributed by atoms with Gasteiger partial charge in [-0.05, 0) is 30.7 Å². The van der Waals surface area contributed by atoms with E-state index in [1.165, 1.54) is 6.08 Å². The first-order valence-corrected chi connectivity index (χ1v) is 7.65. The van der Waals surface area contributed by atoms with Crippen molar-refractivity contribution in [3.8, 4) is 0 Å². The molecule has 124 valence electrons. The lowest BCUT2D eigenvalue weighted by Crippen LogP contribution is -2.36. The van der Waals surface area contributed by atoms with Gasteiger partial charge in [0, 0.05) is 30.6 Å². The second kappa shape index (κ2) is 6.95. The molecule has 2 aromatic rings. The summed E-state index contributed by atoms with van der Waals surface area (Å²) in [6, 6.07) is 3.48. The SMILES string of the molecule is CCNC(=O)N1Cc2[nH]nc(NC(=O)C=Cc3ccncc3)c2C1. The van der Waals surface area contributed by atoms with Crippen LogP contribution < -0.4 is 10.6 Å². The number of nitrogens with one attached hydrogen (secondary N) is 3. The van der Waals surface area contributed by atoms with E-state index in [9.17, 15) is 9.59 Å². The number of carbonyl (C=O) groups excluding carboxylic acids is 2. The van der Waals surface area contributed by atoms with Crippen molar-refractivity contribution >= 4 is 23.8 Å². The van der Waals surface area contributed by atoms with Crippen LogP contribution in [0.5, 0.6) is 0 Å². The predicted molar refractivity (Wildman–Crippen MR) is 88.8 cm³/mol. The van der Waals surface area contributed by atoms with Gasteiger partial charge in [-0.1, -0.05) is 0 Å². The Labute approximate surface area is 139 Å². The molecule has 0 bridgehead atoms. The second-order valence-corrected chi connectivity index (χ2v) is 5.32. The molecule has 0 aromatic carbocycles. The standard InChI is InChI=1S/C16H18N6O2/c1-2-18-16(24)22-9-12-13(10-22)20-21-15(12)19-14(23)4-3-11-5-7-17-8-6-11/h3-8H,2,9-10H2,1H3,(H,18,24)(H2,19,20,21,23). The van der Waals surface area contributed by atoms with E-state index in [2.05, 4.69) is 25.8 Å². The van der Waals surface area contributed by atoms with E-state index in [-0.39, 0.29) is 11.9 Å². The summed E-state index contributed by atoms with van der Waals surface area (Å²) in [6.45, 7) is 3.32. The van der Waals surface area contributed by atoms with Gasteiger partial charge in [-0.25, -0.2) is 4.79 Å². The van der Waals surface area contributed by atoms with E-state index >= 15 is 0 Å². The number of carbonyl (C=O) groups is 2. The molecule has 0 fully saturated rings. The van der Waals surface area contributed by atoms with Crippen LogP contribution in [0.4, 0.5) is 10.6 Å². The lowest BCUT2D eigenvalue weighted by molar-refractivity contribution is -0.111. The quantitative estimate of drug-likeness (QED) is 0.741. The van der Waals surface area contributed by atoms with Crippen LogP contribution in [0.25, 0.3) is 6.08 Å². The van der Waals surface area contributed by atoms with Crippen molar-refractivity contribution in [1.82, 2.24) is 25.4 Å². The number of hydrogen-bond acceptors (Lipinski definition) is 4. The van der Waals surface area contributed by atoms with E-state index in [1.54, 1.807) is 35.5 Å². The van der Waals surface area contributed by atoms with Crippen molar-refractivity contribution in [1.29, 1.82) is 0 Å². The Morgan fingerprint density at radius 2 is 2.12 bits per heavy atom. The number of anilines is 1. The van der Waals surface area contributed by atoms with Crippen molar-refractivity contribution in [2.75, 3.05) is 11.9 Å². The molecule has 0 unspecified atom stereocenters. The first-order chi connectivity index (χ1) is 11.7. The predicted octanol–water partition coefficient (Wildman–Crippen LogP) is 1.50. The minimum atomic E-state index is -0.280. The van der Waals surface area contributed by atoms with Crippen LogP contribution in [0.2, 0.25) is 0 Å². The average Bonchev–Trinajstić information content (AvgIpc) is 3.16. The average molecular weight is 326 g/mol. The Morgan fingerprint density at radius 1 is 1.33 bits per heavy atom. The number of hydrogen-bond donors (Lipinski definition) is 3. The number of H-pyrrole nitrogens is 1. The molecular weight excluding hydrogens is 308 g/mol. The summed E-state index contributed by atoms with van der Waals surface area (Å²) in [6.07, 6.45) is 6.46. The van der Waals surface area contributed by atoms with Crippen LogP contribution in [0.3, 0.4) is 0 Å². The van der Waals surface area contributed by atoms with Gasteiger partial charge in [-0.3, -0.25) is 14.9 Å². The molecule has 3 N–H and O–H groups in total. The van der Waals surface area contributed by atoms with Gasteiger partial charge in [-0.2, -0.15) is 5.10 Å². The fourth-order valence-corrected chi connectivity index (χ4v) is 2.45. The number of aromatic nitrogens is 3. The highest BCUT2D eigenvalue weighted by atomic mass is 16.2. The molecule has 3 rings (SSSR count). The maximum Gasteiger partial charge on any atom is 0.318 e. The summed E-state index contributed by atoms with van der Waals surface area (Å²) in [5, 5.41) is 12.5. The normalized spacial score (nSPS) is 13.1. The van der Waals surface area contributed by atoms with Crippen molar-refractivity contribution in [3.05, 3.63) is 47.4 Å². The number of nitrogens with zero attached hydrogens (tertiary/aromatic N) is 3. The van der Waals surface area contributed by atoms with Gasteiger partial charge in [0.2, 0.25) is 5.91 Å². The Kier molecular flexibility index (Phi) is 4.55. The van der Waals surface area contributed by atoms with Gasteiger partial charge < -0.3 is 15.5 Å². The van der Waals surface area contributed by atoms with Crippen LogP contribution in [0.15, 0.2) is 30.6 Å². The lowest BCUT2D eigenvalue weighted by atomic mass is 10.2. The van der Waals surface area contributed by atoms with Gasteiger partial charge in [0.1, 0.15) is 0 Å². The number of pyridine rings is 1. The van der Waals surface area contributed by atoms with Crippen molar-refractivity contribution in [2.45, 2.75) is 20.0 Å². The molecule has 3 heterocycles. The lowest BCUT2D eigenvalue weighted by Gasteiger charge is -2.15. The molecule has 0 saturated heterocycles. The van der Waals surface area contributed by atoms with Gasteiger partial charge in [-0.15, -0.1) is 0 Å². The highest BCUT2D eigenvalue weighted by molar-refractivity contribution is 6.01. The molecule has 2 aromatic heterocycles. The molecule has 0 spiro atoms. The number of rotatable bonds is 4. The van der Waals surface area contributed by atoms with E-state index < -0.39 is 0 Å². The third-order valence-electron chi connectivity index (χ3n) is 3.64. The number of urea groups is 1. The van der Waals surface area contributed by atoms with Crippen LogP contribution in [0, 0.1) is 0 Å². The second-order valence-electron chi connectivity index (χ2n) is 5.32. The zero-order valence-electron chi connectivity index (χ0n) is 13.2. The zero-order chi connectivity index (χ0) is 16.9. The summed E-state index contributed by atoms with van der Waals surface area (Å²) in [4.78, 5) is 29.5. The van der Waals surface area contributed by atoms with E-state index in [0.29, 0.717) is 25.5 Å². The number of amides is 3. The number of aromatic amines is 1. The molecule has 1 aliphatic rings. The van der Waals surface area contributed by atoms with Gasteiger partial charge in [0.25, 0.3) is 0 Å². The summed E-state index contributed by atoms with van der Waals surface area (Å²) in [5.74, 6) is 0.179. The largest absolute Gasteiger partial charge is 0.338 e. The van der Waals surface area contributed by atoms with Crippen molar-refractivity contribution in [3.63, 3.8) is 0 Å². The molecule has 0 atom stereocenters. The molecule has 0 radical (unpaired) electrons. The minimum Gasteiger partial charge on any atom is -0.338 e. The smallest absolute Gasteiger partial charge is 0.318 e. The van der Waals surface area contributed by atoms with E-state index in [1.807, 2.05) is 6.92 Å². The van der Waals surface area contributed by atoms with Crippen LogP contribution in [-0.4, -0.2) is 38.6 Å². The zero-order valence-corrected chi connectivity index (χ0v) is 13.2. The third-order valence-corrected chi connectivity index (χ3v) is 3.64. The van der Waals surface area contributed by atoms with Gasteiger partial charge in [0.15, 0.2) is 5.82 Å². The molecule has 3 amide bonds. The Balaban J connectivity index is 1.63. The van der Waals surface area contributed by atoms with Gasteiger partial charge >= 0.3 is 6.03 Å². The molecule has 24 heavy (non-hydrogen) atoms. The van der Waals surface area contributed by atoms with Crippen molar-refractivity contribution < 1.29 is 9.59 Å². The Bertz CT molecular complexity index is 768. The molecule has 8 nitrogen and oxygen atoms in total. The fourth-order valence-electron chi connectivity index (χ4n) is 2.45. The van der Waals surface area contributed by atoms with Gasteiger partial charge in [0.05, 0.1) is 18.8 Å². The highest BCUT2D eigenvalue weighted by Crippen LogP contribution is 2.26. The first kappa shape index (κ1) is 15.7. The fraction of sp³-hybridized carbons (Fsp3) is 0.250. The summed E-state index contributed by atoms with van der Waals surface area (Å²) in [5.41, 5.74) is 2.57. The molecule has 8 heteroatoms. The summed E-state index contributed by atoms with van der Waals surface area (Å²) >= 11 is 0. The molecule has 0 aliphatic carbocycles. The van der Waals surface area contributed by atoms with Crippen LogP contribution in [0.1, 0.15) is 23.7 Å². The summed E-state index contributed by atoms with van der Waals surface area (Å²) in [7, 11) is 0. The monoisotopic (exact) mass is 326 g/mol. The molecule has 0 saturated carbocycles. The maximum absolute atomic E-state index is 12.0. The van der Waals surface area contributed by atoms with E-state index in [0.717, 1.165) is 16.8 Å². The van der Waals surface area contributed by atoms with Crippen molar-refractivity contribution in [2.24, 2.45) is 0 Å². The topological polar surface area (TPSA) is 103 Å². The maximum atomic E-state index is 12.0. The van der Waals surface area contributed by atoms with E-state index in [4.69, 9.17) is 0 Å². The summed E-state index contributed by atoms with van der Waals surface area (Å²) < 4.78 is 0. The minimum absolute atomic E-state index is 0.128.